The first-order valence-electron chi connectivity index (χ1n) is 8.11. The fourth-order valence-corrected chi connectivity index (χ4v) is 2.95. The largest absolute Gasteiger partial charge is 0.336 e. The van der Waals surface area contributed by atoms with Crippen molar-refractivity contribution in [1.82, 2.24) is 15.1 Å². The second kappa shape index (κ2) is 7.67. The first-order valence-corrected chi connectivity index (χ1v) is 8.11. The summed E-state index contributed by atoms with van der Waals surface area (Å²) < 4.78 is 0. The Bertz CT molecular complexity index is 344. The Hall–Kier alpha value is -1.03. The first kappa shape index (κ1) is 15.4. The number of piperazine rings is 1. The van der Waals surface area contributed by atoms with Gasteiger partial charge in [0.25, 0.3) is 0 Å². The van der Waals surface area contributed by atoms with Gasteiger partial charge in [0.1, 0.15) is 0 Å². The Kier molecular flexibility index (Phi) is 5.89. The summed E-state index contributed by atoms with van der Waals surface area (Å²) in [6.45, 7) is 8.91. The van der Waals surface area contributed by atoms with E-state index in [4.69, 9.17) is 0 Å². The number of allylic oxidation sites excluding steroid dienone is 1. The summed E-state index contributed by atoms with van der Waals surface area (Å²) in [5.41, 5.74) is 1.65. The molecule has 1 heterocycles. The van der Waals surface area contributed by atoms with E-state index >= 15 is 0 Å². The van der Waals surface area contributed by atoms with Crippen molar-refractivity contribution in [2.75, 3.05) is 32.7 Å². The van der Waals surface area contributed by atoms with Crippen molar-refractivity contribution in [1.29, 1.82) is 0 Å². The number of carbonyl (C=O) groups is 1. The number of nitrogens with one attached hydrogen (secondary N) is 1. The molecule has 0 aromatic rings. The summed E-state index contributed by atoms with van der Waals surface area (Å²) >= 11 is 0. The van der Waals surface area contributed by atoms with Crippen LogP contribution in [0.2, 0.25) is 0 Å². The van der Waals surface area contributed by atoms with E-state index in [0.29, 0.717) is 0 Å². The number of hydrogen-bond donors (Lipinski definition) is 1. The predicted molar refractivity (Wildman–Crippen MR) is 82.8 cm³/mol. The van der Waals surface area contributed by atoms with Gasteiger partial charge in [-0.1, -0.05) is 11.6 Å². The van der Waals surface area contributed by atoms with E-state index in [0.717, 1.165) is 32.7 Å². The van der Waals surface area contributed by atoms with Gasteiger partial charge in [0, 0.05) is 38.8 Å². The van der Waals surface area contributed by atoms with E-state index in [2.05, 4.69) is 16.3 Å². The lowest BCUT2D eigenvalue weighted by atomic mass is 9.97. The van der Waals surface area contributed by atoms with Crippen molar-refractivity contribution in [2.45, 2.75) is 52.0 Å². The van der Waals surface area contributed by atoms with Crippen LogP contribution in [0.3, 0.4) is 0 Å². The molecule has 20 heavy (non-hydrogen) atoms. The lowest BCUT2D eigenvalue weighted by Crippen LogP contribution is -2.52. The van der Waals surface area contributed by atoms with Gasteiger partial charge in [0.05, 0.1) is 0 Å². The van der Waals surface area contributed by atoms with Gasteiger partial charge in [-0.05, 0) is 46.0 Å². The van der Waals surface area contributed by atoms with Gasteiger partial charge in [0.15, 0.2) is 0 Å². The zero-order valence-corrected chi connectivity index (χ0v) is 13.0. The number of hydrogen-bond acceptors (Lipinski definition) is 2. The molecule has 0 atom stereocenters. The lowest BCUT2D eigenvalue weighted by Gasteiger charge is -2.35. The molecule has 1 aliphatic carbocycles. The lowest BCUT2D eigenvalue weighted by molar-refractivity contribution is 0.138. The minimum atomic E-state index is 0.0923. The molecule has 1 N–H and O–H groups in total. The molecule has 1 saturated heterocycles. The Labute approximate surface area is 123 Å². The zero-order chi connectivity index (χ0) is 14.4. The average Bonchev–Trinajstić information content (AvgIpc) is 2.46. The number of urea groups is 1. The van der Waals surface area contributed by atoms with Gasteiger partial charge >= 0.3 is 6.03 Å². The molecule has 0 spiro atoms. The van der Waals surface area contributed by atoms with Crippen LogP contribution in [0.4, 0.5) is 4.79 Å². The highest BCUT2D eigenvalue weighted by atomic mass is 16.2. The normalized spacial score (nSPS) is 20.9. The van der Waals surface area contributed by atoms with Crippen LogP contribution in [-0.2, 0) is 0 Å². The Morgan fingerprint density at radius 1 is 1.25 bits per heavy atom. The highest BCUT2D eigenvalue weighted by Crippen LogP contribution is 2.20. The predicted octanol–water partition coefficient (Wildman–Crippen LogP) is 2.61. The van der Waals surface area contributed by atoms with Crippen LogP contribution in [-0.4, -0.2) is 54.6 Å². The van der Waals surface area contributed by atoms with Crippen LogP contribution in [0, 0.1) is 0 Å². The summed E-state index contributed by atoms with van der Waals surface area (Å²) in [6.07, 6.45) is 8.98. The van der Waals surface area contributed by atoms with E-state index in [-0.39, 0.29) is 12.1 Å². The molecule has 0 unspecified atom stereocenters. The van der Waals surface area contributed by atoms with Crippen LogP contribution in [0.5, 0.6) is 0 Å². The minimum absolute atomic E-state index is 0.0923. The fraction of sp³-hybridized carbons (Fsp3) is 0.812. The van der Waals surface area contributed by atoms with Crippen molar-refractivity contribution < 1.29 is 4.79 Å². The van der Waals surface area contributed by atoms with Crippen LogP contribution < -0.4 is 5.32 Å². The van der Waals surface area contributed by atoms with Crippen molar-refractivity contribution in [3.63, 3.8) is 0 Å². The molecule has 1 aliphatic heterocycles. The van der Waals surface area contributed by atoms with E-state index in [1.165, 1.54) is 32.1 Å². The SMILES string of the molecule is CC(C)NC(=O)N1CCN(CCC2=CCCCC2)CC1. The third-order valence-electron chi connectivity index (χ3n) is 4.21. The molecule has 0 radical (unpaired) electrons. The van der Waals surface area contributed by atoms with Crippen LogP contribution in [0.25, 0.3) is 0 Å². The molecular weight excluding hydrogens is 250 g/mol. The third kappa shape index (κ3) is 4.82. The molecule has 0 aromatic heterocycles. The quantitative estimate of drug-likeness (QED) is 0.803. The summed E-state index contributed by atoms with van der Waals surface area (Å²) in [4.78, 5) is 16.3. The van der Waals surface area contributed by atoms with Crippen molar-refractivity contribution in [3.05, 3.63) is 11.6 Å². The summed E-state index contributed by atoms with van der Waals surface area (Å²) in [5.74, 6) is 0. The van der Waals surface area contributed by atoms with Crippen LogP contribution in [0.1, 0.15) is 46.0 Å². The standard InChI is InChI=1S/C16H29N3O/c1-14(2)17-16(20)19-12-10-18(11-13-19)9-8-15-6-4-3-5-7-15/h6,14H,3-5,7-13H2,1-2H3,(H,17,20). The van der Waals surface area contributed by atoms with Gasteiger partial charge in [-0.15, -0.1) is 0 Å². The summed E-state index contributed by atoms with van der Waals surface area (Å²) in [5, 5.41) is 2.97. The Balaban J connectivity index is 1.66. The summed E-state index contributed by atoms with van der Waals surface area (Å²) in [6, 6.07) is 0.313. The molecule has 0 bridgehead atoms. The maximum absolute atomic E-state index is 11.9. The van der Waals surface area contributed by atoms with E-state index in [1.54, 1.807) is 5.57 Å². The first-order chi connectivity index (χ1) is 9.65. The smallest absolute Gasteiger partial charge is 0.317 e. The van der Waals surface area contributed by atoms with E-state index in [9.17, 15) is 4.79 Å². The fourth-order valence-electron chi connectivity index (χ4n) is 2.95. The van der Waals surface area contributed by atoms with Crippen LogP contribution >= 0.6 is 0 Å². The minimum Gasteiger partial charge on any atom is -0.336 e. The van der Waals surface area contributed by atoms with E-state index < -0.39 is 0 Å². The number of nitrogens with zero attached hydrogens (tertiary/aromatic N) is 2. The van der Waals surface area contributed by atoms with Crippen LogP contribution in [0.15, 0.2) is 11.6 Å². The number of rotatable bonds is 4. The number of amides is 2. The average molecular weight is 279 g/mol. The van der Waals surface area contributed by atoms with Crippen molar-refractivity contribution in [3.8, 4) is 0 Å². The zero-order valence-electron chi connectivity index (χ0n) is 13.0. The monoisotopic (exact) mass is 279 g/mol. The maximum Gasteiger partial charge on any atom is 0.317 e. The highest BCUT2D eigenvalue weighted by Gasteiger charge is 2.21. The van der Waals surface area contributed by atoms with Gasteiger partial charge in [-0.3, -0.25) is 4.90 Å². The summed E-state index contributed by atoms with van der Waals surface area (Å²) in [7, 11) is 0. The molecule has 1 fully saturated rings. The molecule has 2 amide bonds. The molecule has 2 aliphatic rings. The molecule has 4 heteroatoms. The van der Waals surface area contributed by atoms with Gasteiger partial charge in [0.2, 0.25) is 0 Å². The second-order valence-electron chi connectivity index (χ2n) is 6.29. The number of carbonyl (C=O) groups excluding carboxylic acids is 1. The van der Waals surface area contributed by atoms with Crippen molar-refractivity contribution >= 4 is 6.03 Å². The second-order valence-corrected chi connectivity index (χ2v) is 6.29. The third-order valence-corrected chi connectivity index (χ3v) is 4.21. The van der Waals surface area contributed by atoms with Gasteiger partial charge in [-0.25, -0.2) is 4.79 Å². The van der Waals surface area contributed by atoms with E-state index in [1.807, 2.05) is 18.7 Å². The topological polar surface area (TPSA) is 35.6 Å². The molecular formula is C16H29N3O. The molecule has 2 rings (SSSR count). The van der Waals surface area contributed by atoms with Crippen molar-refractivity contribution in [2.24, 2.45) is 0 Å². The Morgan fingerprint density at radius 3 is 2.60 bits per heavy atom. The molecule has 4 nitrogen and oxygen atoms in total. The Morgan fingerprint density at radius 2 is 2.00 bits per heavy atom. The molecule has 114 valence electrons. The molecule has 0 saturated carbocycles. The van der Waals surface area contributed by atoms with Gasteiger partial charge < -0.3 is 10.2 Å². The highest BCUT2D eigenvalue weighted by molar-refractivity contribution is 5.74. The maximum atomic E-state index is 11.9. The molecule has 0 aromatic carbocycles. The van der Waals surface area contributed by atoms with Gasteiger partial charge in [-0.2, -0.15) is 0 Å².